The molecule has 1 heterocycles. The predicted molar refractivity (Wildman–Crippen MR) is 66.0 cm³/mol. The molecular formula is C10H9Cl2NO3S. The zero-order chi connectivity index (χ0) is 12.6. The van der Waals surface area contributed by atoms with Gasteiger partial charge < -0.3 is 10.4 Å². The van der Waals surface area contributed by atoms with Crippen molar-refractivity contribution < 1.29 is 14.7 Å². The Bertz CT molecular complexity index is 468. The number of carboxylic acids is 1. The van der Waals surface area contributed by atoms with Crippen molar-refractivity contribution in [3.63, 3.8) is 0 Å². The number of carbonyl (C=O) groups is 2. The fraction of sp³-hybridized carbons (Fsp3) is 0.400. The summed E-state index contributed by atoms with van der Waals surface area (Å²) in [5.41, 5.74) is 0.348. The van der Waals surface area contributed by atoms with Gasteiger partial charge in [0.1, 0.15) is 4.34 Å². The van der Waals surface area contributed by atoms with Crippen molar-refractivity contribution in [2.24, 2.45) is 5.92 Å². The molecule has 1 aromatic rings. The Kier molecular flexibility index (Phi) is 3.61. The van der Waals surface area contributed by atoms with E-state index in [1.54, 1.807) is 0 Å². The quantitative estimate of drug-likeness (QED) is 0.900. The van der Waals surface area contributed by atoms with Gasteiger partial charge in [0.25, 0.3) is 5.91 Å². The lowest BCUT2D eigenvalue weighted by atomic mass is 9.80. The summed E-state index contributed by atoms with van der Waals surface area (Å²) in [7, 11) is 0. The van der Waals surface area contributed by atoms with Crippen LogP contribution in [0, 0.1) is 5.92 Å². The lowest BCUT2D eigenvalue weighted by Crippen LogP contribution is -2.46. The van der Waals surface area contributed by atoms with Gasteiger partial charge in [-0.2, -0.15) is 0 Å². The van der Waals surface area contributed by atoms with Crippen molar-refractivity contribution in [2.75, 3.05) is 0 Å². The topological polar surface area (TPSA) is 66.4 Å². The summed E-state index contributed by atoms with van der Waals surface area (Å²) in [6.45, 7) is 0. The molecule has 0 aromatic carbocycles. The van der Waals surface area contributed by atoms with Gasteiger partial charge in [0.2, 0.25) is 0 Å². The van der Waals surface area contributed by atoms with Crippen LogP contribution >= 0.6 is 34.5 Å². The minimum absolute atomic E-state index is 0.0849. The molecule has 0 bridgehead atoms. The van der Waals surface area contributed by atoms with Crippen molar-refractivity contribution in [1.82, 2.24) is 5.32 Å². The first-order valence-electron chi connectivity index (χ1n) is 4.96. The second kappa shape index (κ2) is 4.84. The number of carbonyl (C=O) groups excluding carboxylic acids is 1. The van der Waals surface area contributed by atoms with Crippen molar-refractivity contribution in [3.8, 4) is 0 Å². The molecule has 1 fully saturated rings. The molecule has 1 aliphatic carbocycles. The van der Waals surface area contributed by atoms with Gasteiger partial charge >= 0.3 is 5.97 Å². The third kappa shape index (κ3) is 2.73. The summed E-state index contributed by atoms with van der Waals surface area (Å²) >= 11 is 12.7. The first-order valence-corrected chi connectivity index (χ1v) is 6.53. The van der Waals surface area contributed by atoms with Crippen LogP contribution in [0.5, 0.6) is 0 Å². The van der Waals surface area contributed by atoms with Crippen LogP contribution < -0.4 is 5.32 Å². The number of rotatable bonds is 3. The van der Waals surface area contributed by atoms with E-state index < -0.39 is 5.97 Å². The van der Waals surface area contributed by atoms with Gasteiger partial charge in [0.15, 0.2) is 0 Å². The summed E-state index contributed by atoms with van der Waals surface area (Å²) in [5, 5.41) is 11.4. The van der Waals surface area contributed by atoms with E-state index in [2.05, 4.69) is 5.32 Å². The van der Waals surface area contributed by atoms with Crippen LogP contribution in [0.4, 0.5) is 0 Å². The van der Waals surface area contributed by atoms with E-state index in [0.29, 0.717) is 27.1 Å². The van der Waals surface area contributed by atoms with Gasteiger partial charge in [-0.15, -0.1) is 11.3 Å². The molecule has 0 atom stereocenters. The van der Waals surface area contributed by atoms with Crippen molar-refractivity contribution in [3.05, 3.63) is 20.3 Å². The smallest absolute Gasteiger partial charge is 0.306 e. The fourth-order valence-corrected chi connectivity index (χ4v) is 3.15. The Labute approximate surface area is 112 Å². The molecule has 0 saturated heterocycles. The Hall–Kier alpha value is -0.780. The van der Waals surface area contributed by atoms with Crippen LogP contribution in [-0.2, 0) is 4.79 Å². The maximum Gasteiger partial charge on any atom is 0.306 e. The minimum Gasteiger partial charge on any atom is -0.481 e. The van der Waals surface area contributed by atoms with E-state index in [4.69, 9.17) is 28.3 Å². The Morgan fingerprint density at radius 3 is 2.53 bits per heavy atom. The average Bonchev–Trinajstić information content (AvgIpc) is 2.49. The van der Waals surface area contributed by atoms with E-state index in [-0.39, 0.29) is 17.9 Å². The first kappa shape index (κ1) is 12.7. The third-order valence-electron chi connectivity index (χ3n) is 2.72. The number of amides is 1. The Morgan fingerprint density at radius 2 is 2.06 bits per heavy atom. The van der Waals surface area contributed by atoms with Crippen molar-refractivity contribution in [1.29, 1.82) is 0 Å². The van der Waals surface area contributed by atoms with Crippen LogP contribution in [0.2, 0.25) is 8.67 Å². The number of thiophene rings is 1. The van der Waals surface area contributed by atoms with Crippen LogP contribution in [-0.4, -0.2) is 23.0 Å². The molecule has 0 spiro atoms. The molecule has 0 aliphatic heterocycles. The summed E-state index contributed by atoms with van der Waals surface area (Å²) in [5.74, 6) is -1.46. The highest BCUT2D eigenvalue weighted by atomic mass is 35.5. The molecule has 1 aromatic heterocycles. The molecule has 1 saturated carbocycles. The normalized spacial score (nSPS) is 22.9. The molecule has 1 amide bonds. The number of hydrogen-bond acceptors (Lipinski definition) is 3. The van der Waals surface area contributed by atoms with E-state index in [0.717, 1.165) is 11.3 Å². The van der Waals surface area contributed by atoms with Gasteiger partial charge in [-0.25, -0.2) is 0 Å². The predicted octanol–water partition coefficient (Wildman–Crippen LogP) is 2.65. The highest BCUT2D eigenvalue weighted by molar-refractivity contribution is 7.20. The third-order valence-corrected chi connectivity index (χ3v) is 4.21. The maximum atomic E-state index is 11.8. The molecule has 0 unspecified atom stereocenters. The molecular weight excluding hydrogens is 285 g/mol. The van der Waals surface area contributed by atoms with Crippen LogP contribution in [0.15, 0.2) is 6.07 Å². The summed E-state index contributed by atoms with van der Waals surface area (Å²) in [6.07, 6.45) is 0.938. The zero-order valence-electron chi connectivity index (χ0n) is 8.57. The molecule has 4 nitrogen and oxygen atoms in total. The molecule has 0 radical (unpaired) electrons. The van der Waals surface area contributed by atoms with Crippen molar-refractivity contribution in [2.45, 2.75) is 18.9 Å². The minimum atomic E-state index is -0.813. The van der Waals surface area contributed by atoms with Gasteiger partial charge in [-0.05, 0) is 18.9 Å². The number of nitrogens with one attached hydrogen (secondary N) is 1. The highest BCUT2D eigenvalue weighted by Gasteiger charge is 2.35. The number of aliphatic carboxylic acids is 1. The SMILES string of the molecule is O=C(NC1CC(C(=O)O)C1)c1cc(Cl)sc1Cl. The summed E-state index contributed by atoms with van der Waals surface area (Å²) in [6, 6.07) is 1.43. The number of carboxylic acid groups (broad SMARTS) is 1. The second-order valence-corrected chi connectivity index (χ2v) is 6.20. The van der Waals surface area contributed by atoms with E-state index >= 15 is 0 Å². The van der Waals surface area contributed by atoms with Crippen LogP contribution in [0.3, 0.4) is 0 Å². The monoisotopic (exact) mass is 293 g/mol. The fourth-order valence-electron chi connectivity index (χ4n) is 1.70. The molecule has 7 heteroatoms. The van der Waals surface area contributed by atoms with Crippen LogP contribution in [0.25, 0.3) is 0 Å². The first-order chi connectivity index (χ1) is 7.97. The standard InChI is InChI=1S/C10H9Cl2NO3S/c11-7-3-6(8(12)17-7)9(14)13-5-1-4(2-5)10(15)16/h3-5H,1-2H2,(H,13,14)(H,15,16). The number of hydrogen-bond donors (Lipinski definition) is 2. The summed E-state index contributed by atoms with van der Waals surface area (Å²) in [4.78, 5) is 22.4. The van der Waals surface area contributed by atoms with Gasteiger partial charge in [-0.1, -0.05) is 23.2 Å². The molecule has 17 heavy (non-hydrogen) atoms. The van der Waals surface area contributed by atoms with Gasteiger partial charge in [-0.3, -0.25) is 9.59 Å². The van der Waals surface area contributed by atoms with Crippen molar-refractivity contribution >= 4 is 46.4 Å². The summed E-state index contributed by atoms with van der Waals surface area (Å²) < 4.78 is 0.804. The Balaban J connectivity index is 1.91. The molecule has 2 rings (SSSR count). The molecule has 92 valence electrons. The van der Waals surface area contributed by atoms with E-state index in [1.807, 2.05) is 0 Å². The zero-order valence-corrected chi connectivity index (χ0v) is 10.9. The molecule has 1 aliphatic rings. The average molecular weight is 294 g/mol. The van der Waals surface area contributed by atoms with Gasteiger partial charge in [0.05, 0.1) is 15.8 Å². The lowest BCUT2D eigenvalue weighted by Gasteiger charge is -2.32. The Morgan fingerprint density at radius 1 is 1.41 bits per heavy atom. The maximum absolute atomic E-state index is 11.8. The van der Waals surface area contributed by atoms with Gasteiger partial charge in [0, 0.05) is 6.04 Å². The van der Waals surface area contributed by atoms with E-state index in [9.17, 15) is 9.59 Å². The number of halogens is 2. The lowest BCUT2D eigenvalue weighted by molar-refractivity contribution is -0.145. The largest absolute Gasteiger partial charge is 0.481 e. The highest BCUT2D eigenvalue weighted by Crippen LogP contribution is 2.32. The molecule has 2 N–H and O–H groups in total. The second-order valence-electron chi connectivity index (χ2n) is 3.91. The van der Waals surface area contributed by atoms with E-state index in [1.165, 1.54) is 6.07 Å². The van der Waals surface area contributed by atoms with Crippen LogP contribution in [0.1, 0.15) is 23.2 Å².